The summed E-state index contributed by atoms with van der Waals surface area (Å²) >= 11 is 1.54. The first-order valence-electron chi connectivity index (χ1n) is 6.82. The number of aromatic nitrogens is 2. The van der Waals surface area contributed by atoms with Gasteiger partial charge in [-0.15, -0.1) is 11.3 Å². The third kappa shape index (κ3) is 4.53. The van der Waals surface area contributed by atoms with Crippen molar-refractivity contribution in [3.63, 3.8) is 0 Å². The van der Waals surface area contributed by atoms with Crippen molar-refractivity contribution >= 4 is 43.2 Å². The molecule has 2 aromatic rings. The molecule has 0 aliphatic heterocycles. The lowest BCUT2D eigenvalue weighted by Crippen LogP contribution is -2.25. The molecule has 2 aromatic heterocycles. The maximum atomic E-state index is 11.4. The fraction of sp³-hybridized carbons (Fsp3) is 0.538. The summed E-state index contributed by atoms with van der Waals surface area (Å²) in [6.45, 7) is 4.71. The van der Waals surface area contributed by atoms with Gasteiger partial charge >= 0.3 is 0 Å². The molecule has 0 bridgehead atoms. The van der Waals surface area contributed by atoms with Crippen molar-refractivity contribution in [2.75, 3.05) is 29.2 Å². The first-order valence-corrected chi connectivity index (χ1v) is 9.76. The highest BCUT2D eigenvalue weighted by atomic mass is 32.2. The quantitative estimate of drug-likeness (QED) is 0.812. The summed E-state index contributed by atoms with van der Waals surface area (Å²) in [4.78, 5) is 9.80. The SMILES string of the molecule is CCCNc1nc(NC(C)CS(C)(=O)=O)c2ccsc2n1. The van der Waals surface area contributed by atoms with Gasteiger partial charge in [0.25, 0.3) is 0 Å². The topological polar surface area (TPSA) is 84.0 Å². The van der Waals surface area contributed by atoms with Gasteiger partial charge in [-0.3, -0.25) is 0 Å². The molecule has 8 heteroatoms. The van der Waals surface area contributed by atoms with Gasteiger partial charge in [-0.1, -0.05) is 6.92 Å². The monoisotopic (exact) mass is 328 g/mol. The molecule has 2 rings (SSSR count). The third-order valence-electron chi connectivity index (χ3n) is 2.79. The number of thiophene rings is 1. The molecule has 116 valence electrons. The van der Waals surface area contributed by atoms with Crippen molar-refractivity contribution in [2.24, 2.45) is 0 Å². The number of nitrogens with zero attached hydrogens (tertiary/aromatic N) is 2. The van der Waals surface area contributed by atoms with E-state index in [1.807, 2.05) is 18.4 Å². The van der Waals surface area contributed by atoms with Crippen LogP contribution in [0.15, 0.2) is 11.4 Å². The predicted molar refractivity (Wildman–Crippen MR) is 89.0 cm³/mol. The zero-order chi connectivity index (χ0) is 15.5. The molecule has 0 spiro atoms. The Balaban J connectivity index is 2.26. The van der Waals surface area contributed by atoms with Gasteiger partial charge in [0.1, 0.15) is 20.5 Å². The zero-order valence-electron chi connectivity index (χ0n) is 12.4. The molecule has 0 saturated heterocycles. The largest absolute Gasteiger partial charge is 0.366 e. The lowest BCUT2D eigenvalue weighted by Gasteiger charge is -2.15. The van der Waals surface area contributed by atoms with Crippen molar-refractivity contribution < 1.29 is 8.42 Å². The zero-order valence-corrected chi connectivity index (χ0v) is 14.0. The lowest BCUT2D eigenvalue weighted by molar-refractivity contribution is 0.598. The van der Waals surface area contributed by atoms with Gasteiger partial charge in [0.05, 0.1) is 11.1 Å². The average Bonchev–Trinajstić information content (AvgIpc) is 2.82. The summed E-state index contributed by atoms with van der Waals surface area (Å²) < 4.78 is 22.7. The Labute approximate surface area is 128 Å². The van der Waals surface area contributed by atoms with Gasteiger partial charge in [0.15, 0.2) is 0 Å². The van der Waals surface area contributed by atoms with Gasteiger partial charge in [-0.25, -0.2) is 13.4 Å². The van der Waals surface area contributed by atoms with Gasteiger partial charge in [0, 0.05) is 18.8 Å². The Morgan fingerprint density at radius 2 is 2.14 bits per heavy atom. The minimum atomic E-state index is -3.03. The molecule has 1 unspecified atom stereocenters. The van der Waals surface area contributed by atoms with Crippen molar-refractivity contribution in [3.05, 3.63) is 11.4 Å². The van der Waals surface area contributed by atoms with E-state index in [0.717, 1.165) is 23.2 Å². The standard InChI is InChI=1S/C13H20N4O2S2/c1-4-6-14-13-16-11(10-5-7-20-12(10)17-13)15-9(2)8-21(3,18)19/h5,7,9H,4,6,8H2,1-3H3,(H2,14,15,16,17). The minimum absolute atomic E-state index is 0.0698. The second kappa shape index (κ2) is 6.57. The molecule has 2 N–H and O–H groups in total. The van der Waals surface area contributed by atoms with Gasteiger partial charge in [0.2, 0.25) is 5.95 Å². The number of hydrogen-bond donors (Lipinski definition) is 2. The van der Waals surface area contributed by atoms with Crippen LogP contribution in [-0.4, -0.2) is 43.0 Å². The van der Waals surface area contributed by atoms with Gasteiger partial charge in [-0.2, -0.15) is 4.98 Å². The van der Waals surface area contributed by atoms with Crippen LogP contribution in [-0.2, 0) is 9.84 Å². The fourth-order valence-corrected chi connectivity index (χ4v) is 3.77. The van der Waals surface area contributed by atoms with Gasteiger partial charge in [-0.05, 0) is 24.8 Å². The fourth-order valence-electron chi connectivity index (χ4n) is 2.01. The first-order chi connectivity index (χ1) is 9.89. The summed E-state index contributed by atoms with van der Waals surface area (Å²) in [5.74, 6) is 1.32. The van der Waals surface area contributed by atoms with Crippen LogP contribution in [0.2, 0.25) is 0 Å². The Hall–Kier alpha value is -1.41. The molecule has 0 radical (unpaired) electrons. The number of nitrogens with one attached hydrogen (secondary N) is 2. The van der Waals surface area contributed by atoms with Crippen LogP contribution in [0, 0.1) is 0 Å². The molecule has 1 atom stereocenters. The number of rotatable bonds is 7. The van der Waals surface area contributed by atoms with Crippen LogP contribution in [0.5, 0.6) is 0 Å². The summed E-state index contributed by atoms with van der Waals surface area (Å²) in [5.41, 5.74) is 0. The average molecular weight is 328 g/mol. The lowest BCUT2D eigenvalue weighted by atomic mass is 10.3. The van der Waals surface area contributed by atoms with Crippen LogP contribution in [0.25, 0.3) is 10.2 Å². The Morgan fingerprint density at radius 3 is 2.81 bits per heavy atom. The molecule has 0 aliphatic carbocycles. The van der Waals surface area contributed by atoms with E-state index in [0.29, 0.717) is 11.8 Å². The van der Waals surface area contributed by atoms with Crippen LogP contribution in [0.1, 0.15) is 20.3 Å². The summed E-state index contributed by atoms with van der Waals surface area (Å²) in [6.07, 6.45) is 2.22. The van der Waals surface area contributed by atoms with E-state index < -0.39 is 9.84 Å². The highest BCUT2D eigenvalue weighted by Crippen LogP contribution is 2.27. The van der Waals surface area contributed by atoms with E-state index in [1.165, 1.54) is 17.6 Å². The van der Waals surface area contributed by atoms with Crippen molar-refractivity contribution in [3.8, 4) is 0 Å². The Morgan fingerprint density at radius 1 is 1.38 bits per heavy atom. The second-order valence-electron chi connectivity index (χ2n) is 5.10. The molecule has 6 nitrogen and oxygen atoms in total. The molecule has 21 heavy (non-hydrogen) atoms. The van der Waals surface area contributed by atoms with Crippen molar-refractivity contribution in [2.45, 2.75) is 26.3 Å². The normalized spacial score (nSPS) is 13.3. The second-order valence-corrected chi connectivity index (χ2v) is 8.18. The summed E-state index contributed by atoms with van der Waals surface area (Å²) in [6, 6.07) is 1.73. The molecule has 2 heterocycles. The molecule has 0 amide bonds. The molecule has 0 aliphatic rings. The van der Waals surface area contributed by atoms with Crippen LogP contribution in [0.4, 0.5) is 11.8 Å². The van der Waals surface area contributed by atoms with E-state index in [-0.39, 0.29) is 11.8 Å². The third-order valence-corrected chi connectivity index (χ3v) is 4.71. The molecular formula is C13H20N4O2S2. The van der Waals surface area contributed by atoms with Crippen LogP contribution >= 0.6 is 11.3 Å². The van der Waals surface area contributed by atoms with Crippen LogP contribution < -0.4 is 10.6 Å². The molecular weight excluding hydrogens is 308 g/mol. The smallest absolute Gasteiger partial charge is 0.226 e. The van der Waals surface area contributed by atoms with E-state index in [4.69, 9.17) is 0 Å². The predicted octanol–water partition coefficient (Wildman–Crippen LogP) is 2.36. The van der Waals surface area contributed by atoms with Crippen molar-refractivity contribution in [1.82, 2.24) is 9.97 Å². The highest BCUT2D eigenvalue weighted by molar-refractivity contribution is 7.90. The maximum Gasteiger partial charge on any atom is 0.226 e. The van der Waals surface area contributed by atoms with Crippen molar-refractivity contribution in [1.29, 1.82) is 0 Å². The van der Waals surface area contributed by atoms with E-state index >= 15 is 0 Å². The summed E-state index contributed by atoms with van der Waals surface area (Å²) in [5, 5.41) is 9.22. The van der Waals surface area contributed by atoms with Gasteiger partial charge < -0.3 is 10.6 Å². The molecule has 0 fully saturated rings. The highest BCUT2D eigenvalue weighted by Gasteiger charge is 2.14. The molecule has 0 saturated carbocycles. The van der Waals surface area contributed by atoms with E-state index in [9.17, 15) is 8.42 Å². The first kappa shape index (κ1) is 16.0. The number of sulfone groups is 1. The minimum Gasteiger partial charge on any atom is -0.366 e. The number of anilines is 2. The maximum absolute atomic E-state index is 11.4. The van der Waals surface area contributed by atoms with E-state index in [2.05, 4.69) is 27.5 Å². The van der Waals surface area contributed by atoms with Crippen LogP contribution in [0.3, 0.4) is 0 Å². The Bertz CT molecular complexity index is 712. The number of fused-ring (bicyclic) bond motifs is 1. The summed E-state index contributed by atoms with van der Waals surface area (Å²) in [7, 11) is -3.03. The number of hydrogen-bond acceptors (Lipinski definition) is 7. The molecule has 0 aromatic carbocycles. The van der Waals surface area contributed by atoms with E-state index in [1.54, 1.807) is 0 Å². The Kier molecular flexibility index (Phi) is 5.00.